The molecule has 0 bridgehead atoms. The van der Waals surface area contributed by atoms with E-state index < -0.39 is 12.1 Å². The zero-order valence-electron chi connectivity index (χ0n) is 6.93. The summed E-state index contributed by atoms with van der Waals surface area (Å²) in [5.74, 6) is -0.600. The highest BCUT2D eigenvalue weighted by atomic mass is 127. The minimum Gasteiger partial charge on any atom is -0.478 e. The van der Waals surface area contributed by atoms with Crippen LogP contribution in [0.4, 0.5) is 13.2 Å². The molecular formula is C7H5F3INO2. The van der Waals surface area contributed by atoms with Gasteiger partial charge in [-0.1, -0.05) is 0 Å². The quantitative estimate of drug-likeness (QED) is 0.785. The Bertz CT molecular complexity index is 329. The van der Waals surface area contributed by atoms with Crippen LogP contribution in [0.3, 0.4) is 0 Å². The second-order valence-electron chi connectivity index (χ2n) is 2.18. The van der Waals surface area contributed by atoms with E-state index in [4.69, 9.17) is 0 Å². The van der Waals surface area contributed by atoms with Crippen LogP contribution in [0.5, 0.6) is 11.6 Å². The lowest BCUT2D eigenvalue weighted by molar-refractivity contribution is -0.275. The molecule has 0 aromatic carbocycles. The lowest BCUT2D eigenvalue weighted by Gasteiger charge is -2.12. The van der Waals surface area contributed by atoms with Gasteiger partial charge in [0.15, 0.2) is 0 Å². The van der Waals surface area contributed by atoms with E-state index in [2.05, 4.69) is 14.5 Å². The number of halogens is 4. The van der Waals surface area contributed by atoms with E-state index >= 15 is 0 Å². The van der Waals surface area contributed by atoms with E-state index in [9.17, 15) is 13.2 Å². The topological polar surface area (TPSA) is 31.4 Å². The van der Waals surface area contributed by atoms with Crippen molar-refractivity contribution in [1.29, 1.82) is 0 Å². The van der Waals surface area contributed by atoms with Crippen LogP contribution >= 0.6 is 22.6 Å². The number of hydrogen-bond acceptors (Lipinski definition) is 3. The van der Waals surface area contributed by atoms with Crippen LogP contribution in [-0.2, 0) is 0 Å². The molecule has 0 fully saturated rings. The van der Waals surface area contributed by atoms with Crippen LogP contribution in [0.25, 0.3) is 0 Å². The van der Waals surface area contributed by atoms with Crippen LogP contribution < -0.4 is 9.47 Å². The molecule has 1 heterocycles. The third kappa shape index (κ3) is 2.89. The Hall–Kier alpha value is -0.730. The Balaban J connectivity index is 3.05. The van der Waals surface area contributed by atoms with Gasteiger partial charge < -0.3 is 9.47 Å². The Morgan fingerprint density at radius 2 is 2.07 bits per heavy atom. The number of pyridine rings is 1. The molecule has 0 spiro atoms. The summed E-state index contributed by atoms with van der Waals surface area (Å²) in [5, 5.41) is 0. The van der Waals surface area contributed by atoms with Crippen molar-refractivity contribution in [3.63, 3.8) is 0 Å². The minimum absolute atomic E-state index is 0.186. The first-order valence-electron chi connectivity index (χ1n) is 3.38. The first kappa shape index (κ1) is 11.3. The van der Waals surface area contributed by atoms with Gasteiger partial charge in [0.1, 0.15) is 0 Å². The summed E-state index contributed by atoms with van der Waals surface area (Å²) in [4.78, 5) is 3.59. The molecule has 0 saturated carbocycles. The summed E-state index contributed by atoms with van der Waals surface area (Å²) in [6.45, 7) is 0. The Morgan fingerprint density at radius 3 is 2.57 bits per heavy atom. The van der Waals surface area contributed by atoms with E-state index in [0.717, 1.165) is 0 Å². The second kappa shape index (κ2) is 4.20. The number of ether oxygens (including phenoxy) is 2. The molecule has 3 nitrogen and oxygen atoms in total. The van der Waals surface area contributed by atoms with E-state index in [1.54, 1.807) is 22.6 Å². The molecule has 0 aliphatic carbocycles. The van der Waals surface area contributed by atoms with E-state index in [-0.39, 0.29) is 9.45 Å². The predicted molar refractivity (Wildman–Crippen MR) is 50.2 cm³/mol. The number of aromatic nitrogens is 1. The summed E-state index contributed by atoms with van der Waals surface area (Å²) in [5.41, 5.74) is 0. The first-order chi connectivity index (χ1) is 6.44. The molecule has 0 unspecified atom stereocenters. The Labute approximate surface area is 91.4 Å². The van der Waals surface area contributed by atoms with Gasteiger partial charge in [-0.15, -0.1) is 13.2 Å². The Kier molecular flexibility index (Phi) is 3.40. The van der Waals surface area contributed by atoms with E-state index in [1.165, 1.54) is 19.4 Å². The molecule has 78 valence electrons. The largest absolute Gasteiger partial charge is 0.573 e. The fraction of sp³-hybridized carbons (Fsp3) is 0.286. The third-order valence-electron chi connectivity index (χ3n) is 1.23. The van der Waals surface area contributed by atoms with Crippen LogP contribution in [0.15, 0.2) is 12.3 Å². The monoisotopic (exact) mass is 319 g/mol. The maximum absolute atomic E-state index is 11.9. The highest BCUT2D eigenvalue weighted by Gasteiger charge is 2.33. The van der Waals surface area contributed by atoms with E-state index in [0.29, 0.717) is 0 Å². The lowest BCUT2D eigenvalue weighted by Crippen LogP contribution is -2.18. The van der Waals surface area contributed by atoms with Crippen LogP contribution in [0, 0.1) is 3.57 Å². The highest BCUT2D eigenvalue weighted by molar-refractivity contribution is 14.1. The second-order valence-corrected chi connectivity index (χ2v) is 3.34. The first-order valence-corrected chi connectivity index (χ1v) is 4.46. The van der Waals surface area contributed by atoms with Gasteiger partial charge in [0, 0.05) is 6.20 Å². The third-order valence-corrected chi connectivity index (χ3v) is 2.08. The van der Waals surface area contributed by atoms with Crippen molar-refractivity contribution in [2.45, 2.75) is 6.36 Å². The normalized spacial score (nSPS) is 11.2. The van der Waals surface area contributed by atoms with Gasteiger partial charge in [0.25, 0.3) is 5.88 Å². The SMILES string of the molecule is COc1nccc(I)c1OC(F)(F)F. The number of nitrogens with zero attached hydrogens (tertiary/aromatic N) is 1. The average Bonchev–Trinajstić information content (AvgIpc) is 2.06. The molecule has 0 N–H and O–H groups in total. The number of methoxy groups -OCH3 is 1. The number of alkyl halides is 3. The zero-order chi connectivity index (χ0) is 10.8. The van der Waals surface area contributed by atoms with Gasteiger partial charge >= 0.3 is 6.36 Å². The molecule has 0 aliphatic rings. The molecule has 1 rings (SSSR count). The maximum atomic E-state index is 11.9. The fourth-order valence-corrected chi connectivity index (χ4v) is 1.26. The molecular weight excluding hydrogens is 314 g/mol. The lowest BCUT2D eigenvalue weighted by atomic mass is 10.4. The van der Waals surface area contributed by atoms with Crippen molar-refractivity contribution in [2.24, 2.45) is 0 Å². The molecule has 1 aromatic heterocycles. The predicted octanol–water partition coefficient (Wildman–Crippen LogP) is 2.59. The van der Waals surface area contributed by atoms with Crippen molar-refractivity contribution < 1.29 is 22.6 Å². The van der Waals surface area contributed by atoms with Gasteiger partial charge in [0.2, 0.25) is 5.75 Å². The minimum atomic E-state index is -4.74. The smallest absolute Gasteiger partial charge is 0.478 e. The van der Waals surface area contributed by atoms with Crippen LogP contribution in [-0.4, -0.2) is 18.5 Å². The zero-order valence-corrected chi connectivity index (χ0v) is 9.09. The van der Waals surface area contributed by atoms with Crippen LogP contribution in [0.1, 0.15) is 0 Å². The highest BCUT2D eigenvalue weighted by Crippen LogP contribution is 2.34. The molecule has 0 amide bonds. The molecule has 0 aliphatic heterocycles. The molecule has 1 aromatic rings. The molecule has 0 radical (unpaired) electrons. The summed E-state index contributed by atoms with van der Waals surface area (Å²) >= 11 is 1.70. The van der Waals surface area contributed by atoms with Gasteiger partial charge in [-0.2, -0.15) is 0 Å². The van der Waals surface area contributed by atoms with Gasteiger partial charge in [-0.25, -0.2) is 4.98 Å². The van der Waals surface area contributed by atoms with Gasteiger partial charge in [-0.3, -0.25) is 0 Å². The van der Waals surface area contributed by atoms with Crippen molar-refractivity contribution in [2.75, 3.05) is 7.11 Å². The summed E-state index contributed by atoms with van der Waals surface area (Å²) < 4.78 is 44.5. The molecule has 0 atom stereocenters. The van der Waals surface area contributed by atoms with Crippen molar-refractivity contribution in [3.05, 3.63) is 15.8 Å². The number of rotatable bonds is 2. The van der Waals surface area contributed by atoms with Gasteiger partial charge in [0.05, 0.1) is 10.7 Å². The fourth-order valence-electron chi connectivity index (χ4n) is 0.760. The number of hydrogen-bond donors (Lipinski definition) is 0. The van der Waals surface area contributed by atoms with Crippen molar-refractivity contribution >= 4 is 22.6 Å². The molecule has 7 heteroatoms. The molecule has 0 saturated heterocycles. The summed E-state index contributed by atoms with van der Waals surface area (Å²) in [6.07, 6.45) is -3.40. The average molecular weight is 319 g/mol. The Morgan fingerprint density at radius 1 is 1.43 bits per heavy atom. The maximum Gasteiger partial charge on any atom is 0.573 e. The van der Waals surface area contributed by atoms with Gasteiger partial charge in [-0.05, 0) is 28.7 Å². The summed E-state index contributed by atoms with van der Waals surface area (Å²) in [6, 6.07) is 1.39. The summed E-state index contributed by atoms with van der Waals surface area (Å²) in [7, 11) is 1.22. The van der Waals surface area contributed by atoms with Crippen molar-refractivity contribution in [3.8, 4) is 11.6 Å². The molecule has 14 heavy (non-hydrogen) atoms. The van der Waals surface area contributed by atoms with E-state index in [1.807, 2.05) is 0 Å². The standard InChI is InChI=1S/C7H5F3INO2/c1-13-6-5(14-7(8,9)10)4(11)2-3-12-6/h2-3H,1H3. The van der Waals surface area contributed by atoms with Crippen LogP contribution in [0.2, 0.25) is 0 Å². The van der Waals surface area contributed by atoms with Crippen molar-refractivity contribution in [1.82, 2.24) is 4.98 Å².